The normalized spacial score (nSPS) is 18.1. The van der Waals surface area contributed by atoms with Crippen LogP contribution < -0.4 is 5.32 Å². The standard InChI is InChI=1S/C21H19F3N2O2/c22-21(23,24)15-6-2-1-5-14(15)13-18(27)26-11-9-20(10-12-26)16-7-3-4-8-17(16)25-19(20)28/h1-8H,9-13H2,(H,25,28). The van der Waals surface area contributed by atoms with Crippen molar-refractivity contribution < 1.29 is 22.8 Å². The van der Waals surface area contributed by atoms with Gasteiger partial charge in [0.15, 0.2) is 0 Å². The summed E-state index contributed by atoms with van der Waals surface area (Å²) < 4.78 is 39.5. The summed E-state index contributed by atoms with van der Waals surface area (Å²) in [6, 6.07) is 12.7. The van der Waals surface area contributed by atoms with Gasteiger partial charge in [-0.3, -0.25) is 9.59 Å². The fourth-order valence-electron chi connectivity index (χ4n) is 4.23. The second-order valence-electron chi connectivity index (χ2n) is 7.29. The monoisotopic (exact) mass is 388 g/mol. The van der Waals surface area contributed by atoms with Crippen molar-refractivity contribution in [1.29, 1.82) is 0 Å². The van der Waals surface area contributed by atoms with E-state index in [0.717, 1.165) is 17.3 Å². The minimum atomic E-state index is -4.49. The van der Waals surface area contributed by atoms with Gasteiger partial charge in [-0.15, -0.1) is 0 Å². The Balaban J connectivity index is 1.48. The van der Waals surface area contributed by atoms with Crippen LogP contribution >= 0.6 is 0 Å². The van der Waals surface area contributed by atoms with Crippen LogP contribution in [0, 0.1) is 0 Å². The van der Waals surface area contributed by atoms with E-state index in [0.29, 0.717) is 25.9 Å². The van der Waals surface area contributed by atoms with Crippen molar-refractivity contribution in [3.8, 4) is 0 Å². The van der Waals surface area contributed by atoms with E-state index in [1.54, 1.807) is 4.90 Å². The van der Waals surface area contributed by atoms with Crippen molar-refractivity contribution in [1.82, 2.24) is 4.90 Å². The van der Waals surface area contributed by atoms with Gasteiger partial charge < -0.3 is 10.2 Å². The van der Waals surface area contributed by atoms with Gasteiger partial charge in [0.25, 0.3) is 0 Å². The minimum absolute atomic E-state index is 0.0239. The molecule has 28 heavy (non-hydrogen) atoms. The smallest absolute Gasteiger partial charge is 0.342 e. The molecule has 2 heterocycles. The van der Waals surface area contributed by atoms with Crippen molar-refractivity contribution in [2.24, 2.45) is 0 Å². The quantitative estimate of drug-likeness (QED) is 0.852. The Morgan fingerprint density at radius 2 is 1.68 bits per heavy atom. The molecule has 0 saturated carbocycles. The Morgan fingerprint density at radius 3 is 2.39 bits per heavy atom. The van der Waals surface area contributed by atoms with Crippen molar-refractivity contribution >= 4 is 17.5 Å². The molecule has 0 radical (unpaired) electrons. The van der Waals surface area contributed by atoms with E-state index in [-0.39, 0.29) is 23.8 Å². The summed E-state index contributed by atoms with van der Waals surface area (Å²) in [5, 5.41) is 2.90. The Morgan fingerprint density at radius 1 is 1.04 bits per heavy atom. The second-order valence-corrected chi connectivity index (χ2v) is 7.29. The summed E-state index contributed by atoms with van der Waals surface area (Å²) in [4.78, 5) is 26.8. The molecule has 2 aliphatic heterocycles. The highest BCUT2D eigenvalue weighted by Gasteiger charge is 2.48. The van der Waals surface area contributed by atoms with Gasteiger partial charge in [-0.25, -0.2) is 0 Å². The lowest BCUT2D eigenvalue weighted by Gasteiger charge is -2.38. The van der Waals surface area contributed by atoms with E-state index >= 15 is 0 Å². The Bertz CT molecular complexity index is 931. The van der Waals surface area contributed by atoms with Gasteiger partial charge in [0.05, 0.1) is 17.4 Å². The summed E-state index contributed by atoms with van der Waals surface area (Å²) >= 11 is 0. The van der Waals surface area contributed by atoms with Crippen LogP contribution in [-0.4, -0.2) is 29.8 Å². The Labute approximate surface area is 160 Å². The summed E-state index contributed by atoms with van der Waals surface area (Å²) in [7, 11) is 0. The summed E-state index contributed by atoms with van der Waals surface area (Å²) in [6.45, 7) is 0.684. The predicted molar refractivity (Wildman–Crippen MR) is 97.7 cm³/mol. The molecule has 1 saturated heterocycles. The number of anilines is 1. The van der Waals surface area contributed by atoms with Crippen molar-refractivity contribution in [3.63, 3.8) is 0 Å². The number of piperidine rings is 1. The molecule has 0 aliphatic carbocycles. The van der Waals surface area contributed by atoms with Crippen LogP contribution in [0.3, 0.4) is 0 Å². The fourth-order valence-corrected chi connectivity index (χ4v) is 4.23. The van der Waals surface area contributed by atoms with E-state index in [1.165, 1.54) is 18.2 Å². The van der Waals surface area contributed by atoms with Gasteiger partial charge >= 0.3 is 6.18 Å². The highest BCUT2D eigenvalue weighted by molar-refractivity contribution is 6.06. The molecule has 7 heteroatoms. The maximum Gasteiger partial charge on any atom is 0.416 e. The lowest BCUT2D eigenvalue weighted by Crippen LogP contribution is -2.48. The lowest BCUT2D eigenvalue weighted by molar-refractivity contribution is -0.139. The van der Waals surface area contributed by atoms with Crippen molar-refractivity contribution in [2.75, 3.05) is 18.4 Å². The second kappa shape index (κ2) is 6.65. The first kappa shape index (κ1) is 18.5. The molecule has 1 fully saturated rings. The fraction of sp³-hybridized carbons (Fsp3) is 0.333. The van der Waals surface area contributed by atoms with E-state index in [1.807, 2.05) is 24.3 Å². The van der Waals surface area contributed by atoms with E-state index < -0.39 is 17.2 Å². The molecule has 4 rings (SSSR count). The van der Waals surface area contributed by atoms with Gasteiger partial charge in [0.2, 0.25) is 11.8 Å². The average Bonchev–Trinajstić information content (AvgIpc) is 2.93. The molecule has 2 aromatic carbocycles. The van der Waals surface area contributed by atoms with Gasteiger partial charge in [0.1, 0.15) is 0 Å². The number of carbonyl (C=O) groups excluding carboxylic acids is 2. The van der Waals surface area contributed by atoms with Gasteiger partial charge in [-0.05, 0) is 36.1 Å². The molecule has 1 N–H and O–H groups in total. The molecule has 0 unspecified atom stereocenters. The zero-order valence-corrected chi connectivity index (χ0v) is 15.1. The number of nitrogens with one attached hydrogen (secondary N) is 1. The van der Waals surface area contributed by atoms with Crippen LogP contribution in [0.15, 0.2) is 48.5 Å². The number of amides is 2. The number of rotatable bonds is 2. The molecule has 0 atom stereocenters. The summed E-state index contributed by atoms with van der Waals surface area (Å²) in [5.74, 6) is -0.415. The summed E-state index contributed by atoms with van der Waals surface area (Å²) in [5.41, 5.74) is 0.281. The van der Waals surface area contributed by atoms with Gasteiger partial charge in [-0.2, -0.15) is 13.2 Å². The third-order valence-corrected chi connectivity index (χ3v) is 5.76. The molecular formula is C21H19F3N2O2. The maximum absolute atomic E-state index is 13.2. The number of hydrogen-bond acceptors (Lipinski definition) is 2. The molecule has 2 aliphatic rings. The van der Waals surface area contributed by atoms with E-state index in [4.69, 9.17) is 0 Å². The molecule has 0 aromatic heterocycles. The number of nitrogens with zero attached hydrogens (tertiary/aromatic N) is 1. The predicted octanol–water partition coefficient (Wildman–Crippen LogP) is 3.76. The highest BCUT2D eigenvalue weighted by Crippen LogP contribution is 2.44. The van der Waals surface area contributed by atoms with Crippen LogP contribution in [-0.2, 0) is 27.6 Å². The first-order valence-electron chi connectivity index (χ1n) is 9.15. The number of para-hydroxylation sites is 1. The average molecular weight is 388 g/mol. The summed E-state index contributed by atoms with van der Waals surface area (Å²) in [6.07, 6.45) is -3.87. The van der Waals surface area contributed by atoms with E-state index in [2.05, 4.69) is 5.32 Å². The largest absolute Gasteiger partial charge is 0.416 e. The van der Waals surface area contributed by atoms with Crippen molar-refractivity contribution in [3.05, 3.63) is 65.2 Å². The highest BCUT2D eigenvalue weighted by atomic mass is 19.4. The Hall–Kier alpha value is -2.83. The first-order valence-corrected chi connectivity index (χ1v) is 9.15. The van der Waals surface area contributed by atoms with Gasteiger partial charge in [-0.1, -0.05) is 36.4 Å². The molecule has 0 bridgehead atoms. The number of likely N-dealkylation sites (tertiary alicyclic amines) is 1. The number of benzene rings is 2. The Kier molecular flexibility index (Phi) is 4.40. The maximum atomic E-state index is 13.2. The van der Waals surface area contributed by atoms with Crippen LogP contribution in [0.4, 0.5) is 18.9 Å². The minimum Gasteiger partial charge on any atom is -0.342 e. The van der Waals surface area contributed by atoms with Crippen LogP contribution in [0.5, 0.6) is 0 Å². The molecular weight excluding hydrogens is 369 g/mol. The molecule has 146 valence electrons. The molecule has 2 aromatic rings. The lowest BCUT2D eigenvalue weighted by atomic mass is 9.73. The number of carbonyl (C=O) groups is 2. The zero-order valence-electron chi connectivity index (χ0n) is 15.1. The number of fused-ring (bicyclic) bond motifs is 2. The van der Waals surface area contributed by atoms with E-state index in [9.17, 15) is 22.8 Å². The van der Waals surface area contributed by atoms with Gasteiger partial charge in [0, 0.05) is 18.8 Å². The molecule has 1 spiro atoms. The van der Waals surface area contributed by atoms with Crippen LogP contribution in [0.1, 0.15) is 29.5 Å². The zero-order chi connectivity index (χ0) is 19.9. The first-order chi connectivity index (χ1) is 13.3. The number of hydrogen-bond donors (Lipinski definition) is 1. The SMILES string of the molecule is O=C(Cc1ccccc1C(F)(F)F)N1CCC2(CC1)C(=O)Nc1ccccc12. The van der Waals surface area contributed by atoms with Crippen molar-refractivity contribution in [2.45, 2.75) is 30.9 Å². The molecule has 4 nitrogen and oxygen atoms in total. The third-order valence-electron chi connectivity index (χ3n) is 5.76. The third kappa shape index (κ3) is 3.04. The number of halogens is 3. The van der Waals surface area contributed by atoms with Crippen LogP contribution in [0.2, 0.25) is 0 Å². The number of alkyl halides is 3. The molecule has 2 amide bonds. The van der Waals surface area contributed by atoms with Crippen LogP contribution in [0.25, 0.3) is 0 Å². The topological polar surface area (TPSA) is 49.4 Å².